The Labute approximate surface area is 67.7 Å². The van der Waals surface area contributed by atoms with Crippen LogP contribution in [0.5, 0.6) is 0 Å². The van der Waals surface area contributed by atoms with Crippen LogP contribution in [0.3, 0.4) is 0 Å². The summed E-state index contributed by atoms with van der Waals surface area (Å²) in [7, 11) is 4.03. The molecule has 1 aliphatic heterocycles. The summed E-state index contributed by atoms with van der Waals surface area (Å²) in [6.07, 6.45) is 1.07. The fourth-order valence-electron chi connectivity index (χ4n) is 1.03. The summed E-state index contributed by atoms with van der Waals surface area (Å²) in [4.78, 5) is 0. The number of hydrogen-bond acceptors (Lipinski definition) is 2. The molecule has 0 aromatic heterocycles. The molecule has 0 bridgehead atoms. The van der Waals surface area contributed by atoms with Crippen LogP contribution in [0.15, 0.2) is 0 Å². The minimum absolute atomic E-state index is 0.383. The number of nitrogens with zero attached hydrogens (tertiary/aromatic N) is 1. The maximum Gasteiger partial charge on any atom is 0.131 e. The zero-order chi connectivity index (χ0) is 7.78. The van der Waals surface area contributed by atoms with Gasteiger partial charge >= 0.3 is 0 Å². The molecule has 1 fully saturated rings. The van der Waals surface area contributed by atoms with Gasteiger partial charge < -0.3 is 4.52 Å². The van der Waals surface area contributed by atoms with Crippen molar-refractivity contribution in [2.45, 2.75) is 19.4 Å². The van der Waals surface area contributed by atoms with Crippen LogP contribution in [-0.2, 0) is 16.3 Å². The van der Waals surface area contributed by atoms with E-state index in [0.717, 1.165) is 12.6 Å². The Balaban J connectivity index is 2.64. The van der Waals surface area contributed by atoms with Gasteiger partial charge in [-0.15, -0.1) is 0 Å². The molecule has 4 heteroatoms. The molecule has 2 nitrogen and oxygen atoms in total. The Morgan fingerprint density at radius 3 is 2.40 bits per heavy atom. The average Bonchev–Trinajstić information content (AvgIpc) is 2.13. The first-order valence-corrected chi connectivity index (χ1v) is 6.36. The summed E-state index contributed by atoms with van der Waals surface area (Å²) >= 11 is 5.38. The minimum Gasteiger partial charge on any atom is -0.335 e. The molecule has 1 aliphatic rings. The van der Waals surface area contributed by atoms with Crippen molar-refractivity contribution in [2.24, 2.45) is 0 Å². The van der Waals surface area contributed by atoms with Gasteiger partial charge in [0.25, 0.3) is 0 Å². The van der Waals surface area contributed by atoms with Gasteiger partial charge in [0.2, 0.25) is 0 Å². The van der Waals surface area contributed by atoms with E-state index in [4.69, 9.17) is 16.3 Å². The first-order chi connectivity index (χ1) is 4.54. The van der Waals surface area contributed by atoms with Gasteiger partial charge in [0.15, 0.2) is 0 Å². The van der Waals surface area contributed by atoms with Gasteiger partial charge in [-0.05, 0) is 27.4 Å². The first-order valence-electron chi connectivity index (χ1n) is 3.50. The molecular formula is C6H14NOPS. The molecule has 1 saturated heterocycles. The third kappa shape index (κ3) is 1.59. The lowest BCUT2D eigenvalue weighted by molar-refractivity contribution is 0.260. The molecule has 0 aromatic rings. The molecule has 0 aliphatic carbocycles. The molecule has 0 unspecified atom stereocenters. The predicted octanol–water partition coefficient (Wildman–Crippen LogP) is 1.67. The van der Waals surface area contributed by atoms with Gasteiger partial charge in [0, 0.05) is 6.16 Å². The highest BCUT2D eigenvalue weighted by molar-refractivity contribution is 8.11. The zero-order valence-corrected chi connectivity index (χ0v) is 8.41. The van der Waals surface area contributed by atoms with Crippen molar-refractivity contribution in [3.05, 3.63) is 0 Å². The highest BCUT2D eigenvalue weighted by Crippen LogP contribution is 2.55. The second kappa shape index (κ2) is 2.90. The molecule has 60 valence electrons. The minimum atomic E-state index is -1.53. The summed E-state index contributed by atoms with van der Waals surface area (Å²) in [6.45, 7) is 2.09. The summed E-state index contributed by atoms with van der Waals surface area (Å²) in [5.74, 6) is 0. The van der Waals surface area contributed by atoms with E-state index in [9.17, 15) is 0 Å². The quantitative estimate of drug-likeness (QED) is 0.568. The van der Waals surface area contributed by atoms with Crippen molar-refractivity contribution in [1.29, 1.82) is 0 Å². The number of hydrogen-bond donors (Lipinski definition) is 0. The molecular weight excluding hydrogens is 165 g/mol. The summed E-state index contributed by atoms with van der Waals surface area (Å²) in [5, 5.41) is 0. The van der Waals surface area contributed by atoms with Crippen molar-refractivity contribution in [3.63, 3.8) is 0 Å². The van der Waals surface area contributed by atoms with Crippen LogP contribution < -0.4 is 0 Å². The topological polar surface area (TPSA) is 12.5 Å². The van der Waals surface area contributed by atoms with Crippen LogP contribution in [-0.4, -0.2) is 31.0 Å². The van der Waals surface area contributed by atoms with Gasteiger partial charge in [0.1, 0.15) is 6.42 Å². The van der Waals surface area contributed by atoms with Gasteiger partial charge in [0.05, 0.1) is 6.10 Å². The lowest BCUT2D eigenvalue weighted by Gasteiger charge is -2.23. The van der Waals surface area contributed by atoms with Crippen molar-refractivity contribution < 1.29 is 4.52 Å². The lowest BCUT2D eigenvalue weighted by atomic mass is 10.3. The SMILES string of the molecule is C[C@H]1CC[P@@](=S)(N(C)C)O1. The van der Waals surface area contributed by atoms with Crippen LogP contribution in [0.4, 0.5) is 0 Å². The normalized spacial score (nSPS) is 41.0. The van der Waals surface area contributed by atoms with Crippen molar-refractivity contribution in [3.8, 4) is 0 Å². The molecule has 1 heterocycles. The highest BCUT2D eigenvalue weighted by atomic mass is 32.4. The van der Waals surface area contributed by atoms with Crippen LogP contribution in [0.2, 0.25) is 0 Å². The molecule has 0 N–H and O–H groups in total. The molecule has 0 saturated carbocycles. The smallest absolute Gasteiger partial charge is 0.131 e. The third-order valence-corrected chi connectivity index (χ3v) is 6.29. The second-order valence-corrected chi connectivity index (χ2v) is 7.36. The van der Waals surface area contributed by atoms with Gasteiger partial charge in [-0.25, -0.2) is 0 Å². The van der Waals surface area contributed by atoms with Gasteiger partial charge in [-0.2, -0.15) is 0 Å². The van der Waals surface area contributed by atoms with E-state index in [2.05, 4.69) is 11.6 Å². The van der Waals surface area contributed by atoms with E-state index in [1.807, 2.05) is 14.1 Å². The molecule has 10 heavy (non-hydrogen) atoms. The summed E-state index contributed by atoms with van der Waals surface area (Å²) < 4.78 is 7.74. The highest BCUT2D eigenvalue weighted by Gasteiger charge is 2.30. The maximum atomic E-state index is 5.66. The van der Waals surface area contributed by atoms with E-state index in [0.29, 0.717) is 6.10 Å². The van der Waals surface area contributed by atoms with Crippen LogP contribution in [0, 0.1) is 0 Å². The fraction of sp³-hybridized carbons (Fsp3) is 1.00. The molecule has 2 atom stereocenters. The van der Waals surface area contributed by atoms with Crippen LogP contribution in [0.25, 0.3) is 0 Å². The predicted molar refractivity (Wildman–Crippen MR) is 48.0 cm³/mol. The first kappa shape index (κ1) is 8.66. The Hall–Kier alpha value is 0.570. The molecule has 0 amide bonds. The van der Waals surface area contributed by atoms with E-state index >= 15 is 0 Å². The maximum absolute atomic E-state index is 5.66. The van der Waals surface area contributed by atoms with Crippen molar-refractivity contribution >= 4 is 18.2 Å². The van der Waals surface area contributed by atoms with Crippen LogP contribution >= 0.6 is 6.42 Å². The Bertz CT molecular complexity index is 171. The number of rotatable bonds is 1. The second-order valence-electron chi connectivity index (χ2n) is 2.91. The Morgan fingerprint density at radius 1 is 1.60 bits per heavy atom. The molecule has 1 rings (SSSR count). The lowest BCUT2D eigenvalue weighted by Crippen LogP contribution is -2.08. The van der Waals surface area contributed by atoms with Crippen molar-refractivity contribution in [2.75, 3.05) is 20.3 Å². The third-order valence-electron chi connectivity index (χ3n) is 1.77. The van der Waals surface area contributed by atoms with E-state index in [1.165, 1.54) is 0 Å². The Kier molecular flexibility index (Phi) is 2.51. The van der Waals surface area contributed by atoms with Gasteiger partial charge in [-0.3, -0.25) is 4.67 Å². The standard InChI is InChI=1S/C6H14NOPS/c1-6-4-5-9(10,8-6)7(2)3/h6H,4-5H2,1-3H3/t6-,9+/m0/s1. The van der Waals surface area contributed by atoms with Crippen molar-refractivity contribution in [1.82, 2.24) is 4.67 Å². The molecule has 0 aromatic carbocycles. The van der Waals surface area contributed by atoms with E-state index in [-0.39, 0.29) is 0 Å². The van der Waals surface area contributed by atoms with E-state index in [1.54, 1.807) is 0 Å². The molecule has 0 radical (unpaired) electrons. The van der Waals surface area contributed by atoms with Crippen LogP contribution in [0.1, 0.15) is 13.3 Å². The summed E-state index contributed by atoms with van der Waals surface area (Å²) in [6, 6.07) is 0. The zero-order valence-electron chi connectivity index (χ0n) is 6.70. The summed E-state index contributed by atoms with van der Waals surface area (Å²) in [5.41, 5.74) is 0. The fourth-order valence-corrected chi connectivity index (χ4v) is 3.83. The largest absolute Gasteiger partial charge is 0.335 e. The Morgan fingerprint density at radius 2 is 2.20 bits per heavy atom. The molecule has 0 spiro atoms. The monoisotopic (exact) mass is 179 g/mol. The van der Waals surface area contributed by atoms with E-state index < -0.39 is 6.42 Å². The van der Waals surface area contributed by atoms with Gasteiger partial charge in [-0.1, -0.05) is 11.8 Å². The average molecular weight is 179 g/mol.